The molecular formula is C10H6O7S. The fourth-order valence-corrected chi connectivity index (χ4v) is 2.29. The molecule has 0 aliphatic carbocycles. The van der Waals surface area contributed by atoms with Crippen LogP contribution in [0.1, 0.15) is 20.7 Å². The van der Waals surface area contributed by atoms with Crippen LogP contribution in [0, 0.1) is 0 Å². The van der Waals surface area contributed by atoms with E-state index in [0.29, 0.717) is 6.07 Å². The predicted octanol–water partition coefficient (Wildman–Crippen LogP) is 1.19. The number of aldehydes is 1. The molecule has 0 aliphatic rings. The van der Waals surface area contributed by atoms with Gasteiger partial charge in [0, 0.05) is 10.9 Å². The van der Waals surface area contributed by atoms with E-state index in [1.165, 1.54) is 6.07 Å². The molecule has 0 spiro atoms. The molecule has 2 rings (SSSR count). The molecule has 0 amide bonds. The van der Waals surface area contributed by atoms with Gasteiger partial charge >= 0.3 is 5.97 Å². The predicted molar refractivity (Wildman–Crippen MR) is 58.4 cm³/mol. The Morgan fingerprint density at radius 3 is 2.56 bits per heavy atom. The van der Waals surface area contributed by atoms with E-state index in [1.807, 2.05) is 0 Å². The summed E-state index contributed by atoms with van der Waals surface area (Å²) in [6.07, 6.45) is 1.38. The molecule has 0 fully saturated rings. The zero-order valence-corrected chi connectivity index (χ0v) is 9.47. The van der Waals surface area contributed by atoms with Crippen molar-refractivity contribution in [1.82, 2.24) is 0 Å². The number of aromatic carboxylic acids is 1. The minimum Gasteiger partial charge on any atom is -0.478 e. The van der Waals surface area contributed by atoms with Crippen molar-refractivity contribution in [3.63, 3.8) is 0 Å². The first-order valence-electron chi connectivity index (χ1n) is 4.56. The summed E-state index contributed by atoms with van der Waals surface area (Å²) in [5.41, 5.74) is -0.991. The fourth-order valence-electron chi connectivity index (χ4n) is 1.63. The molecule has 0 bridgehead atoms. The van der Waals surface area contributed by atoms with Crippen molar-refractivity contribution >= 4 is 33.3 Å². The van der Waals surface area contributed by atoms with Crippen LogP contribution in [0.2, 0.25) is 0 Å². The van der Waals surface area contributed by atoms with E-state index in [9.17, 15) is 18.0 Å². The average molecular weight is 270 g/mol. The van der Waals surface area contributed by atoms with Gasteiger partial charge in [-0.25, -0.2) is 4.79 Å². The maximum Gasteiger partial charge on any atom is 0.336 e. The lowest BCUT2D eigenvalue weighted by Gasteiger charge is -2.04. The van der Waals surface area contributed by atoms with Gasteiger partial charge in [-0.2, -0.15) is 8.42 Å². The second kappa shape index (κ2) is 3.93. The quantitative estimate of drug-likeness (QED) is 0.634. The van der Waals surface area contributed by atoms with Gasteiger partial charge in [0.05, 0.1) is 11.8 Å². The Hall–Kier alpha value is -2.19. The van der Waals surface area contributed by atoms with E-state index < -0.39 is 26.5 Å². The van der Waals surface area contributed by atoms with Gasteiger partial charge in [0.1, 0.15) is 4.90 Å². The largest absolute Gasteiger partial charge is 0.478 e. The van der Waals surface area contributed by atoms with Gasteiger partial charge in [0.25, 0.3) is 10.1 Å². The molecule has 8 heteroatoms. The summed E-state index contributed by atoms with van der Waals surface area (Å²) < 4.78 is 36.1. The lowest BCUT2D eigenvalue weighted by Crippen LogP contribution is -2.07. The highest BCUT2D eigenvalue weighted by molar-refractivity contribution is 7.86. The summed E-state index contributed by atoms with van der Waals surface area (Å²) >= 11 is 0. The first kappa shape index (κ1) is 12.3. The Balaban J connectivity index is 3.03. The number of carbonyl (C=O) groups is 2. The Kier molecular flexibility index (Phi) is 2.68. The van der Waals surface area contributed by atoms with Crippen LogP contribution in [0.25, 0.3) is 11.0 Å². The van der Waals surface area contributed by atoms with Gasteiger partial charge < -0.3 is 9.52 Å². The van der Waals surface area contributed by atoms with E-state index >= 15 is 0 Å². The fraction of sp³-hybridized carbons (Fsp3) is 0. The molecule has 0 saturated heterocycles. The standard InChI is InChI=1S/C10H6O7S/c11-4-7-5-1-2-17-9(5)8(18(14,15)16)3-6(7)10(12)13/h1-4H,(H,12,13)(H,14,15,16). The highest BCUT2D eigenvalue weighted by Crippen LogP contribution is 2.29. The molecule has 0 aliphatic heterocycles. The zero-order valence-electron chi connectivity index (χ0n) is 8.65. The summed E-state index contributed by atoms with van der Waals surface area (Å²) in [6.45, 7) is 0. The smallest absolute Gasteiger partial charge is 0.336 e. The topological polar surface area (TPSA) is 122 Å². The Morgan fingerprint density at radius 1 is 1.39 bits per heavy atom. The molecule has 0 saturated carbocycles. The number of carbonyl (C=O) groups excluding carboxylic acids is 1. The van der Waals surface area contributed by atoms with Gasteiger partial charge in [0.15, 0.2) is 11.9 Å². The number of fused-ring (bicyclic) bond motifs is 1. The number of benzene rings is 1. The molecule has 0 unspecified atom stereocenters. The molecule has 7 nitrogen and oxygen atoms in total. The van der Waals surface area contributed by atoms with Crippen LogP contribution in [-0.4, -0.2) is 30.3 Å². The maximum absolute atomic E-state index is 11.1. The SMILES string of the molecule is O=Cc1c(C(=O)O)cc(S(=O)(=O)O)c2occc12. The second-order valence-corrected chi connectivity index (χ2v) is 4.79. The minimum atomic E-state index is -4.65. The first-order valence-corrected chi connectivity index (χ1v) is 6.00. The van der Waals surface area contributed by atoms with Crippen LogP contribution in [0.15, 0.2) is 27.7 Å². The van der Waals surface area contributed by atoms with E-state index in [1.54, 1.807) is 0 Å². The summed E-state index contributed by atoms with van der Waals surface area (Å²) in [7, 11) is -4.65. The molecule has 1 aromatic heterocycles. The molecule has 94 valence electrons. The van der Waals surface area contributed by atoms with Crippen molar-refractivity contribution in [2.24, 2.45) is 0 Å². The molecule has 0 radical (unpaired) electrons. The van der Waals surface area contributed by atoms with Crippen molar-refractivity contribution in [3.8, 4) is 0 Å². The highest BCUT2D eigenvalue weighted by atomic mass is 32.2. The maximum atomic E-state index is 11.1. The molecule has 18 heavy (non-hydrogen) atoms. The van der Waals surface area contributed by atoms with Crippen molar-refractivity contribution in [2.45, 2.75) is 4.90 Å². The Morgan fingerprint density at radius 2 is 2.06 bits per heavy atom. The van der Waals surface area contributed by atoms with Crippen LogP contribution in [0.4, 0.5) is 0 Å². The van der Waals surface area contributed by atoms with Crippen molar-refractivity contribution in [1.29, 1.82) is 0 Å². The third-order valence-electron chi connectivity index (χ3n) is 2.37. The van der Waals surface area contributed by atoms with Gasteiger partial charge in [-0.1, -0.05) is 0 Å². The van der Waals surface area contributed by atoms with Crippen LogP contribution in [0.5, 0.6) is 0 Å². The Labute approximate surface area is 100 Å². The van der Waals surface area contributed by atoms with Gasteiger partial charge in [-0.05, 0) is 12.1 Å². The van der Waals surface area contributed by atoms with Gasteiger partial charge in [0.2, 0.25) is 0 Å². The highest BCUT2D eigenvalue weighted by Gasteiger charge is 2.24. The average Bonchev–Trinajstić information content (AvgIpc) is 2.73. The normalized spacial score (nSPS) is 11.6. The lowest BCUT2D eigenvalue weighted by atomic mass is 10.0. The number of carboxylic acid groups (broad SMARTS) is 1. The second-order valence-electron chi connectivity index (χ2n) is 3.40. The van der Waals surface area contributed by atoms with Gasteiger partial charge in [-0.3, -0.25) is 9.35 Å². The first-order chi connectivity index (χ1) is 8.36. The number of hydrogen-bond acceptors (Lipinski definition) is 5. The minimum absolute atomic E-state index is 0.0116. The molecular weight excluding hydrogens is 264 g/mol. The number of hydrogen-bond donors (Lipinski definition) is 2. The molecule has 1 heterocycles. The van der Waals surface area contributed by atoms with Gasteiger partial charge in [-0.15, -0.1) is 0 Å². The van der Waals surface area contributed by atoms with E-state index in [2.05, 4.69) is 0 Å². The van der Waals surface area contributed by atoms with Crippen molar-refractivity contribution < 1.29 is 32.1 Å². The molecule has 2 N–H and O–H groups in total. The molecule has 1 aromatic carbocycles. The monoisotopic (exact) mass is 270 g/mol. The summed E-state index contributed by atoms with van der Waals surface area (Å²) in [6, 6.07) is 1.94. The third kappa shape index (κ3) is 1.77. The van der Waals surface area contributed by atoms with Crippen LogP contribution < -0.4 is 0 Å². The van der Waals surface area contributed by atoms with E-state index in [4.69, 9.17) is 14.1 Å². The van der Waals surface area contributed by atoms with Crippen molar-refractivity contribution in [2.75, 3.05) is 0 Å². The van der Waals surface area contributed by atoms with E-state index in [-0.39, 0.29) is 22.8 Å². The molecule has 0 atom stereocenters. The third-order valence-corrected chi connectivity index (χ3v) is 3.23. The summed E-state index contributed by atoms with van der Waals surface area (Å²) in [5, 5.41) is 8.93. The lowest BCUT2D eigenvalue weighted by molar-refractivity contribution is 0.0694. The van der Waals surface area contributed by atoms with Crippen molar-refractivity contribution in [3.05, 3.63) is 29.5 Å². The zero-order chi connectivity index (χ0) is 13.5. The molecule has 2 aromatic rings. The van der Waals surface area contributed by atoms with Crippen LogP contribution >= 0.6 is 0 Å². The number of carboxylic acids is 1. The van der Waals surface area contributed by atoms with Crippen LogP contribution in [-0.2, 0) is 10.1 Å². The number of furan rings is 1. The number of rotatable bonds is 3. The Bertz CT molecular complexity index is 754. The van der Waals surface area contributed by atoms with E-state index in [0.717, 1.165) is 6.26 Å². The van der Waals surface area contributed by atoms with Crippen LogP contribution in [0.3, 0.4) is 0 Å². The summed E-state index contributed by atoms with van der Waals surface area (Å²) in [5.74, 6) is -1.48. The summed E-state index contributed by atoms with van der Waals surface area (Å²) in [4.78, 5) is 21.2.